The fourth-order valence-corrected chi connectivity index (χ4v) is 5.84. The molecule has 1 aliphatic rings. The minimum Gasteiger partial charge on any atom is -0.462 e. The van der Waals surface area contributed by atoms with Crippen LogP contribution in [0.25, 0.3) is 11.0 Å². The Morgan fingerprint density at radius 3 is 2.68 bits per heavy atom. The third-order valence-corrected chi connectivity index (χ3v) is 8.00. The molecule has 1 saturated heterocycles. The van der Waals surface area contributed by atoms with Gasteiger partial charge >= 0.3 is 13.7 Å². The van der Waals surface area contributed by atoms with Gasteiger partial charge in [0.25, 0.3) is 0 Å². The number of carbonyl (C=O) groups excluding carboxylic acids is 1. The third-order valence-electron chi connectivity index (χ3n) is 5.94. The molecule has 2 aromatic heterocycles. The Bertz CT molecular complexity index is 1320. The summed E-state index contributed by atoms with van der Waals surface area (Å²) in [7, 11) is -4.17. The molecule has 206 valence electrons. The molecule has 0 aliphatic carbocycles. The predicted molar refractivity (Wildman–Crippen MR) is 141 cm³/mol. The van der Waals surface area contributed by atoms with Gasteiger partial charge in [-0.3, -0.25) is 9.32 Å². The monoisotopic (exact) mass is 567 g/mol. The van der Waals surface area contributed by atoms with Gasteiger partial charge in [-0.25, -0.2) is 14.5 Å². The number of nitrogen functional groups attached to an aromatic ring is 1. The van der Waals surface area contributed by atoms with Crippen LogP contribution in [0.4, 0.5) is 5.82 Å². The van der Waals surface area contributed by atoms with Crippen molar-refractivity contribution in [1.29, 1.82) is 0 Å². The number of nitrogens with one attached hydrogen (secondary N) is 1. The lowest BCUT2D eigenvalue weighted by molar-refractivity contribution is -0.149. The number of anilines is 1. The summed E-state index contributed by atoms with van der Waals surface area (Å²) in [4.78, 5) is 19.3. The van der Waals surface area contributed by atoms with E-state index in [2.05, 4.69) is 15.1 Å². The quantitative estimate of drug-likeness (QED) is 0.187. The van der Waals surface area contributed by atoms with Gasteiger partial charge in [-0.2, -0.15) is 5.09 Å². The zero-order chi connectivity index (χ0) is 27.7. The van der Waals surface area contributed by atoms with Crippen LogP contribution in [0.15, 0.2) is 48.9 Å². The number of aromatic nitrogens is 3. The Kier molecular flexibility index (Phi) is 8.32. The highest BCUT2D eigenvalue weighted by molar-refractivity contribution is 7.52. The summed E-state index contributed by atoms with van der Waals surface area (Å²) in [5.74, 6) is -0.0952. The van der Waals surface area contributed by atoms with E-state index >= 15 is 0 Å². The lowest BCUT2D eigenvalue weighted by atomic mass is 10.0. The van der Waals surface area contributed by atoms with Crippen LogP contribution in [-0.2, 0) is 23.4 Å². The number of hydrogen-bond acceptors (Lipinski definition) is 10. The number of nitrogens with two attached hydrogens (primary N) is 1. The molecule has 14 heteroatoms. The molecule has 3 heterocycles. The van der Waals surface area contributed by atoms with Crippen molar-refractivity contribution in [3.05, 3.63) is 48.9 Å². The van der Waals surface area contributed by atoms with Crippen LogP contribution < -0.4 is 15.3 Å². The third kappa shape index (κ3) is 5.96. The Labute approximate surface area is 225 Å². The number of nitrogens with zero attached hydrogens (tertiary/aromatic N) is 3. The largest absolute Gasteiger partial charge is 0.462 e. The summed E-state index contributed by atoms with van der Waals surface area (Å²) >= 11 is 6.76. The van der Waals surface area contributed by atoms with E-state index < -0.39 is 43.1 Å². The number of fused-ring (bicyclic) bond motifs is 1. The fraction of sp³-hybridized carbons (Fsp3) is 0.458. The number of ether oxygens (including phenoxy) is 2. The van der Waals surface area contributed by atoms with Gasteiger partial charge < -0.3 is 29.4 Å². The second-order valence-corrected chi connectivity index (χ2v) is 11.9. The first-order valence-corrected chi connectivity index (χ1v) is 13.9. The minimum absolute atomic E-state index is 0.247. The first-order chi connectivity index (χ1) is 17.9. The molecule has 0 bridgehead atoms. The molecule has 12 nitrogen and oxygen atoms in total. The molecule has 0 saturated carbocycles. The maximum atomic E-state index is 13.8. The van der Waals surface area contributed by atoms with Gasteiger partial charge in [0.15, 0.2) is 6.23 Å². The van der Waals surface area contributed by atoms with Crippen molar-refractivity contribution in [2.75, 3.05) is 12.3 Å². The SMILES string of the molecule is CC(C)OC(=O)C(C)NP(=O)(OCC1OC(n2ccc3c(N)ncnc32)C(C)(Cl)C1O)Oc1ccccc1. The molecule has 4 N–H and O–H groups in total. The number of aliphatic hydroxyl groups excluding tert-OH is 1. The average Bonchev–Trinajstić information content (AvgIpc) is 3.37. The van der Waals surface area contributed by atoms with Gasteiger partial charge in [-0.15, -0.1) is 11.6 Å². The van der Waals surface area contributed by atoms with E-state index in [-0.39, 0.29) is 18.5 Å². The van der Waals surface area contributed by atoms with E-state index in [4.69, 9.17) is 35.9 Å². The van der Waals surface area contributed by atoms with Crippen molar-refractivity contribution in [2.24, 2.45) is 0 Å². The number of carbonyl (C=O) groups is 1. The van der Waals surface area contributed by atoms with Gasteiger partial charge in [-0.05, 0) is 45.9 Å². The Balaban J connectivity index is 1.54. The van der Waals surface area contributed by atoms with Gasteiger partial charge in [0, 0.05) is 6.20 Å². The topological polar surface area (TPSA) is 160 Å². The van der Waals surface area contributed by atoms with Crippen LogP contribution in [0.2, 0.25) is 0 Å². The van der Waals surface area contributed by atoms with E-state index in [0.29, 0.717) is 16.9 Å². The van der Waals surface area contributed by atoms with Crippen molar-refractivity contribution in [1.82, 2.24) is 19.6 Å². The lowest BCUT2D eigenvalue weighted by Gasteiger charge is -2.27. The second kappa shape index (κ2) is 11.2. The first kappa shape index (κ1) is 28.3. The number of para-hydroxylation sites is 1. The maximum absolute atomic E-state index is 13.8. The molecule has 1 aliphatic heterocycles. The minimum atomic E-state index is -4.17. The molecule has 0 radical (unpaired) electrons. The van der Waals surface area contributed by atoms with Gasteiger partial charge in [0.05, 0.1) is 18.1 Å². The van der Waals surface area contributed by atoms with Crippen molar-refractivity contribution in [2.45, 2.75) is 63.2 Å². The smallest absolute Gasteiger partial charge is 0.459 e. The molecule has 1 aromatic carbocycles. The summed E-state index contributed by atoms with van der Waals surface area (Å²) in [6, 6.07) is 9.04. The molecule has 0 spiro atoms. The summed E-state index contributed by atoms with van der Waals surface area (Å²) in [5, 5.41) is 14.2. The zero-order valence-electron chi connectivity index (χ0n) is 21.4. The molecule has 6 unspecified atom stereocenters. The van der Waals surface area contributed by atoms with Crippen molar-refractivity contribution >= 4 is 42.2 Å². The second-order valence-electron chi connectivity index (χ2n) is 9.38. The lowest BCUT2D eigenvalue weighted by Crippen LogP contribution is -2.40. The molecular weight excluding hydrogens is 537 g/mol. The molecular formula is C24H31ClN5O7P. The fourth-order valence-electron chi connectivity index (χ4n) is 4.04. The van der Waals surface area contributed by atoms with E-state index in [1.54, 1.807) is 67.9 Å². The van der Waals surface area contributed by atoms with Crippen molar-refractivity contribution < 1.29 is 33.0 Å². The summed E-state index contributed by atoms with van der Waals surface area (Å²) in [5.41, 5.74) is 6.42. The number of hydrogen-bond donors (Lipinski definition) is 3. The van der Waals surface area contributed by atoms with E-state index in [1.165, 1.54) is 13.3 Å². The Morgan fingerprint density at radius 2 is 2.00 bits per heavy atom. The first-order valence-electron chi connectivity index (χ1n) is 12.0. The number of benzene rings is 1. The van der Waals surface area contributed by atoms with E-state index in [9.17, 15) is 14.5 Å². The summed E-state index contributed by atoms with van der Waals surface area (Å²) in [6.07, 6.45) is -0.482. The standard InChI is InChI=1S/C24H31ClN5O7P/c1-14(2)35-22(32)15(3)29-38(33,37-16-8-6-5-7-9-16)34-12-18-19(31)24(4,25)23(36-18)30-11-10-17-20(26)27-13-28-21(17)30/h5-11,13-15,18-19,23,31H,12H2,1-4H3,(H,29,33)(H2,26,27,28). The van der Waals surface area contributed by atoms with Crippen LogP contribution in [0, 0.1) is 0 Å². The van der Waals surface area contributed by atoms with E-state index in [0.717, 1.165) is 0 Å². The van der Waals surface area contributed by atoms with Crippen LogP contribution >= 0.6 is 19.3 Å². The number of aliphatic hydroxyl groups is 1. The van der Waals surface area contributed by atoms with E-state index in [1.807, 2.05) is 0 Å². The molecule has 6 atom stereocenters. The van der Waals surface area contributed by atoms with Gasteiger partial charge in [0.1, 0.15) is 46.7 Å². The highest BCUT2D eigenvalue weighted by Gasteiger charge is 2.54. The summed E-state index contributed by atoms with van der Waals surface area (Å²) < 4.78 is 38.0. The molecule has 4 rings (SSSR count). The molecule has 38 heavy (non-hydrogen) atoms. The zero-order valence-corrected chi connectivity index (χ0v) is 23.0. The normalized spacial score (nSPS) is 25.8. The number of alkyl halides is 1. The van der Waals surface area contributed by atoms with Crippen LogP contribution in [0.5, 0.6) is 5.75 Å². The van der Waals surface area contributed by atoms with Crippen LogP contribution in [-0.4, -0.2) is 61.4 Å². The number of halogens is 1. The maximum Gasteiger partial charge on any atom is 0.459 e. The summed E-state index contributed by atoms with van der Waals surface area (Å²) in [6.45, 7) is 6.12. The average molecular weight is 568 g/mol. The van der Waals surface area contributed by atoms with Crippen LogP contribution in [0.3, 0.4) is 0 Å². The molecule has 1 fully saturated rings. The van der Waals surface area contributed by atoms with Gasteiger partial charge in [-0.1, -0.05) is 18.2 Å². The Hall–Kier alpha value is -2.73. The number of rotatable bonds is 10. The van der Waals surface area contributed by atoms with Crippen LogP contribution in [0.1, 0.15) is 33.9 Å². The molecule has 0 amide bonds. The highest BCUT2D eigenvalue weighted by Crippen LogP contribution is 2.48. The van der Waals surface area contributed by atoms with Crippen molar-refractivity contribution in [3.63, 3.8) is 0 Å². The Morgan fingerprint density at radius 1 is 1.29 bits per heavy atom. The van der Waals surface area contributed by atoms with Crippen molar-refractivity contribution in [3.8, 4) is 5.75 Å². The highest BCUT2D eigenvalue weighted by atomic mass is 35.5. The molecule has 3 aromatic rings. The van der Waals surface area contributed by atoms with Gasteiger partial charge in [0.2, 0.25) is 0 Å². The predicted octanol–water partition coefficient (Wildman–Crippen LogP) is 3.40. The number of esters is 1.